The van der Waals surface area contributed by atoms with Crippen LogP contribution in [0.15, 0.2) is 12.4 Å². The van der Waals surface area contributed by atoms with Crippen LogP contribution in [0.5, 0.6) is 0 Å². The molecule has 3 N–H and O–H groups in total. The van der Waals surface area contributed by atoms with Crippen molar-refractivity contribution >= 4 is 11.8 Å². The molecule has 1 heterocycles. The van der Waals surface area contributed by atoms with Crippen LogP contribution in [-0.2, 0) is 7.05 Å². The maximum atomic E-state index is 5.63. The summed E-state index contributed by atoms with van der Waals surface area (Å²) in [5.41, 5.74) is 4.08. The van der Waals surface area contributed by atoms with E-state index in [9.17, 15) is 0 Å². The average molecular weight is 254 g/mol. The number of rotatable bonds is 5. The fourth-order valence-electron chi connectivity index (χ4n) is 2.32. The van der Waals surface area contributed by atoms with Crippen molar-refractivity contribution in [1.82, 2.24) is 15.2 Å². The molecule has 0 amide bonds. The van der Waals surface area contributed by atoms with Crippen molar-refractivity contribution in [2.24, 2.45) is 12.9 Å². The van der Waals surface area contributed by atoms with Gasteiger partial charge in [0.2, 0.25) is 0 Å². The molecule has 0 aliphatic heterocycles. The fraction of sp³-hybridized carbons (Fsp3) is 0.750. The minimum Gasteiger partial charge on any atom is -0.275 e. The Morgan fingerprint density at radius 3 is 2.88 bits per heavy atom. The molecule has 1 atom stereocenters. The fourth-order valence-corrected chi connectivity index (χ4v) is 3.74. The molecular formula is C12H22N4S. The first-order valence-electron chi connectivity index (χ1n) is 6.36. The van der Waals surface area contributed by atoms with Gasteiger partial charge < -0.3 is 0 Å². The Morgan fingerprint density at radius 1 is 1.53 bits per heavy atom. The first-order chi connectivity index (χ1) is 8.29. The molecule has 1 fully saturated rings. The predicted molar refractivity (Wildman–Crippen MR) is 72.6 cm³/mol. The molecule has 96 valence electrons. The van der Waals surface area contributed by atoms with Gasteiger partial charge in [-0.05, 0) is 12.8 Å². The van der Waals surface area contributed by atoms with Crippen molar-refractivity contribution in [3.8, 4) is 0 Å². The van der Waals surface area contributed by atoms with Crippen molar-refractivity contribution in [2.75, 3.05) is 5.75 Å². The van der Waals surface area contributed by atoms with Crippen molar-refractivity contribution in [2.45, 2.75) is 43.4 Å². The normalized spacial score (nSPS) is 19.4. The number of hydrazine groups is 1. The van der Waals surface area contributed by atoms with Crippen LogP contribution in [0.4, 0.5) is 0 Å². The predicted octanol–water partition coefficient (Wildman–Crippen LogP) is 1.99. The van der Waals surface area contributed by atoms with E-state index in [2.05, 4.69) is 22.3 Å². The highest BCUT2D eigenvalue weighted by atomic mass is 32.2. The lowest BCUT2D eigenvalue weighted by Gasteiger charge is -2.23. The highest BCUT2D eigenvalue weighted by molar-refractivity contribution is 7.99. The standard InChI is InChI=1S/C12H22N4S/c1-16-8-10(7-14-16)12(15-13)9-17-11-5-3-2-4-6-11/h7-8,11-12,15H,2-6,9,13H2,1H3. The summed E-state index contributed by atoms with van der Waals surface area (Å²) in [5, 5.41) is 5.02. The molecule has 4 nitrogen and oxygen atoms in total. The highest BCUT2D eigenvalue weighted by Crippen LogP contribution is 2.30. The van der Waals surface area contributed by atoms with Crippen molar-refractivity contribution < 1.29 is 0 Å². The summed E-state index contributed by atoms with van der Waals surface area (Å²) >= 11 is 2.05. The second kappa shape index (κ2) is 6.42. The van der Waals surface area contributed by atoms with Gasteiger partial charge in [-0.15, -0.1) is 0 Å². The lowest BCUT2D eigenvalue weighted by atomic mass is 10.0. The van der Waals surface area contributed by atoms with Gasteiger partial charge in [-0.2, -0.15) is 16.9 Å². The molecule has 2 rings (SSSR count). The lowest BCUT2D eigenvalue weighted by Crippen LogP contribution is -2.30. The van der Waals surface area contributed by atoms with E-state index in [1.807, 2.05) is 24.1 Å². The molecule has 1 aliphatic carbocycles. The summed E-state index contributed by atoms with van der Waals surface area (Å²) in [5.74, 6) is 6.66. The molecule has 1 aromatic rings. The lowest BCUT2D eigenvalue weighted by molar-refractivity contribution is 0.514. The molecule has 1 aliphatic rings. The van der Waals surface area contributed by atoms with Crippen LogP contribution in [0.2, 0.25) is 0 Å². The van der Waals surface area contributed by atoms with Crippen molar-refractivity contribution in [1.29, 1.82) is 0 Å². The minimum atomic E-state index is 0.218. The van der Waals surface area contributed by atoms with Crippen LogP contribution in [0.3, 0.4) is 0 Å². The molecule has 0 saturated heterocycles. The smallest absolute Gasteiger partial charge is 0.0581 e. The summed E-state index contributed by atoms with van der Waals surface area (Å²) < 4.78 is 1.82. The van der Waals surface area contributed by atoms with E-state index in [0.717, 1.165) is 11.0 Å². The van der Waals surface area contributed by atoms with Gasteiger partial charge in [-0.25, -0.2) is 0 Å². The summed E-state index contributed by atoms with van der Waals surface area (Å²) in [6, 6.07) is 0.218. The Hall–Kier alpha value is -0.520. The van der Waals surface area contributed by atoms with Gasteiger partial charge in [-0.1, -0.05) is 19.3 Å². The van der Waals surface area contributed by atoms with Crippen molar-refractivity contribution in [3.05, 3.63) is 18.0 Å². The first-order valence-corrected chi connectivity index (χ1v) is 7.40. The molecule has 0 aromatic carbocycles. The van der Waals surface area contributed by atoms with Gasteiger partial charge >= 0.3 is 0 Å². The number of hydrogen-bond donors (Lipinski definition) is 2. The number of aromatic nitrogens is 2. The molecular weight excluding hydrogens is 232 g/mol. The van der Waals surface area contributed by atoms with Crippen LogP contribution >= 0.6 is 11.8 Å². The van der Waals surface area contributed by atoms with Crippen molar-refractivity contribution in [3.63, 3.8) is 0 Å². The maximum Gasteiger partial charge on any atom is 0.0581 e. The summed E-state index contributed by atoms with van der Waals surface area (Å²) in [6.45, 7) is 0. The molecule has 1 aromatic heterocycles. The number of nitrogens with two attached hydrogens (primary N) is 1. The highest BCUT2D eigenvalue weighted by Gasteiger charge is 2.17. The van der Waals surface area contributed by atoms with Crippen LogP contribution < -0.4 is 11.3 Å². The summed E-state index contributed by atoms with van der Waals surface area (Å²) in [7, 11) is 1.94. The van der Waals surface area contributed by atoms with Gasteiger partial charge in [-0.3, -0.25) is 16.0 Å². The van der Waals surface area contributed by atoms with E-state index in [1.54, 1.807) is 0 Å². The van der Waals surface area contributed by atoms with E-state index in [1.165, 1.54) is 37.7 Å². The third-order valence-electron chi connectivity index (χ3n) is 3.38. The maximum absolute atomic E-state index is 5.63. The zero-order valence-electron chi connectivity index (χ0n) is 10.4. The first kappa shape index (κ1) is 12.9. The second-order valence-corrected chi connectivity index (χ2v) is 6.09. The Morgan fingerprint density at radius 2 is 2.29 bits per heavy atom. The van der Waals surface area contributed by atoms with Gasteiger partial charge in [0, 0.05) is 29.8 Å². The number of nitrogens with zero attached hydrogens (tertiary/aromatic N) is 2. The Labute approximate surface area is 107 Å². The number of hydrogen-bond acceptors (Lipinski definition) is 4. The molecule has 1 unspecified atom stereocenters. The van der Waals surface area contributed by atoms with Gasteiger partial charge in [0.1, 0.15) is 0 Å². The van der Waals surface area contributed by atoms with E-state index >= 15 is 0 Å². The van der Waals surface area contributed by atoms with E-state index in [-0.39, 0.29) is 6.04 Å². The monoisotopic (exact) mass is 254 g/mol. The Bertz CT molecular complexity index is 333. The van der Waals surface area contributed by atoms with Gasteiger partial charge in [0.15, 0.2) is 0 Å². The molecule has 17 heavy (non-hydrogen) atoms. The molecule has 1 saturated carbocycles. The Kier molecular flexibility index (Phi) is 4.88. The number of thioether (sulfide) groups is 1. The Balaban J connectivity index is 1.82. The van der Waals surface area contributed by atoms with Crippen LogP contribution in [0, 0.1) is 0 Å². The van der Waals surface area contributed by atoms with Crippen LogP contribution in [-0.4, -0.2) is 20.8 Å². The topological polar surface area (TPSA) is 55.9 Å². The second-order valence-electron chi connectivity index (χ2n) is 4.76. The zero-order chi connectivity index (χ0) is 12.1. The van der Waals surface area contributed by atoms with Gasteiger partial charge in [0.05, 0.1) is 12.2 Å². The van der Waals surface area contributed by atoms with Crippen LogP contribution in [0.25, 0.3) is 0 Å². The SMILES string of the molecule is Cn1cc(C(CSC2CCCCC2)NN)cn1. The average Bonchev–Trinajstić information content (AvgIpc) is 2.78. The van der Waals surface area contributed by atoms with E-state index in [0.29, 0.717) is 0 Å². The molecule has 0 spiro atoms. The summed E-state index contributed by atoms with van der Waals surface area (Å²) in [6.07, 6.45) is 10.9. The largest absolute Gasteiger partial charge is 0.275 e. The zero-order valence-corrected chi connectivity index (χ0v) is 11.2. The molecule has 0 radical (unpaired) electrons. The van der Waals surface area contributed by atoms with Gasteiger partial charge in [0.25, 0.3) is 0 Å². The molecule has 5 heteroatoms. The van der Waals surface area contributed by atoms with E-state index in [4.69, 9.17) is 5.84 Å². The number of nitrogens with one attached hydrogen (secondary N) is 1. The van der Waals surface area contributed by atoms with E-state index < -0.39 is 0 Å². The molecule has 0 bridgehead atoms. The third kappa shape index (κ3) is 3.72. The number of aryl methyl sites for hydroxylation is 1. The summed E-state index contributed by atoms with van der Waals surface area (Å²) in [4.78, 5) is 0. The minimum absolute atomic E-state index is 0.218. The van der Waals surface area contributed by atoms with Crippen LogP contribution in [0.1, 0.15) is 43.7 Å². The quantitative estimate of drug-likeness (QED) is 0.623. The third-order valence-corrected chi connectivity index (χ3v) is 4.85.